The minimum Gasteiger partial charge on any atom is -0.331 e. The quantitative estimate of drug-likeness (QED) is 0.758. The number of amides is 1. The molecular weight excluding hydrogens is 366 g/mol. The van der Waals surface area contributed by atoms with Crippen molar-refractivity contribution in [1.29, 1.82) is 0 Å². The van der Waals surface area contributed by atoms with E-state index in [2.05, 4.69) is 21.2 Å². The first kappa shape index (κ1) is 16.6. The molecule has 2 atom stereocenters. The average Bonchev–Trinajstić information content (AvgIpc) is 2.66. The van der Waals surface area contributed by atoms with E-state index in [0.29, 0.717) is 4.47 Å². The van der Waals surface area contributed by atoms with E-state index in [-0.39, 0.29) is 36.0 Å². The van der Waals surface area contributed by atoms with Gasteiger partial charge in [0.05, 0.1) is 5.56 Å². The smallest absolute Gasteiger partial charge is 0.255 e. The SMILES string of the molecule is Cl.O=C(c1cc(F)c(F)cc1Br)N1C2CCNCC1CC2. The zero-order valence-electron chi connectivity index (χ0n) is 11.2. The predicted octanol–water partition coefficient (Wildman–Crippen LogP) is 3.12. The van der Waals surface area contributed by atoms with E-state index in [4.69, 9.17) is 0 Å². The van der Waals surface area contributed by atoms with Gasteiger partial charge in [-0.3, -0.25) is 4.79 Å². The Bertz CT molecular complexity index is 544. The molecule has 1 amide bonds. The summed E-state index contributed by atoms with van der Waals surface area (Å²) in [4.78, 5) is 14.5. The molecule has 116 valence electrons. The van der Waals surface area contributed by atoms with Gasteiger partial charge < -0.3 is 10.2 Å². The molecule has 0 radical (unpaired) electrons. The molecule has 2 fully saturated rings. The van der Waals surface area contributed by atoms with Crippen LogP contribution >= 0.6 is 28.3 Å². The fraction of sp³-hybridized carbons (Fsp3) is 0.500. The Hall–Kier alpha value is -0.720. The number of carbonyl (C=O) groups is 1. The van der Waals surface area contributed by atoms with Crippen LogP contribution in [0.25, 0.3) is 0 Å². The van der Waals surface area contributed by atoms with Crippen molar-refractivity contribution < 1.29 is 13.6 Å². The zero-order valence-corrected chi connectivity index (χ0v) is 13.6. The Morgan fingerprint density at radius 3 is 2.62 bits per heavy atom. The molecule has 3 nitrogen and oxygen atoms in total. The monoisotopic (exact) mass is 380 g/mol. The molecule has 2 heterocycles. The Labute approximate surface area is 136 Å². The van der Waals surface area contributed by atoms with Crippen molar-refractivity contribution >= 4 is 34.2 Å². The summed E-state index contributed by atoms with van der Waals surface area (Å²) < 4.78 is 26.9. The van der Waals surface area contributed by atoms with Gasteiger partial charge in [0.2, 0.25) is 0 Å². The van der Waals surface area contributed by atoms with Gasteiger partial charge in [0, 0.05) is 23.1 Å². The lowest BCUT2D eigenvalue weighted by Crippen LogP contribution is -2.42. The number of nitrogens with zero attached hydrogens (tertiary/aromatic N) is 1. The van der Waals surface area contributed by atoms with E-state index in [1.54, 1.807) is 0 Å². The molecule has 0 spiro atoms. The van der Waals surface area contributed by atoms with Gasteiger partial charge in [-0.05, 0) is 53.9 Å². The normalized spacial score (nSPS) is 24.4. The second-order valence-corrected chi connectivity index (χ2v) is 6.19. The van der Waals surface area contributed by atoms with Gasteiger partial charge >= 0.3 is 0 Å². The topological polar surface area (TPSA) is 32.3 Å². The van der Waals surface area contributed by atoms with Gasteiger partial charge in [0.15, 0.2) is 11.6 Å². The van der Waals surface area contributed by atoms with Gasteiger partial charge in [-0.1, -0.05) is 0 Å². The maximum atomic E-state index is 13.4. The van der Waals surface area contributed by atoms with Crippen LogP contribution in [0.5, 0.6) is 0 Å². The van der Waals surface area contributed by atoms with E-state index in [1.165, 1.54) is 0 Å². The molecule has 1 N–H and O–H groups in total. The summed E-state index contributed by atoms with van der Waals surface area (Å²) in [7, 11) is 0. The molecule has 21 heavy (non-hydrogen) atoms. The molecule has 2 aliphatic heterocycles. The van der Waals surface area contributed by atoms with Gasteiger partial charge in [-0.2, -0.15) is 0 Å². The van der Waals surface area contributed by atoms with E-state index >= 15 is 0 Å². The highest BCUT2D eigenvalue weighted by atomic mass is 79.9. The van der Waals surface area contributed by atoms with Crippen LogP contribution < -0.4 is 5.32 Å². The van der Waals surface area contributed by atoms with Crippen LogP contribution in [-0.2, 0) is 0 Å². The summed E-state index contributed by atoms with van der Waals surface area (Å²) in [6, 6.07) is 2.34. The lowest BCUT2D eigenvalue weighted by Gasteiger charge is -2.28. The van der Waals surface area contributed by atoms with Crippen LogP contribution in [0, 0.1) is 11.6 Å². The predicted molar refractivity (Wildman–Crippen MR) is 81.8 cm³/mol. The highest BCUT2D eigenvalue weighted by Gasteiger charge is 2.39. The fourth-order valence-electron chi connectivity index (χ4n) is 3.14. The van der Waals surface area contributed by atoms with Crippen molar-refractivity contribution in [1.82, 2.24) is 10.2 Å². The molecule has 2 aliphatic rings. The number of benzene rings is 1. The van der Waals surface area contributed by atoms with Crippen LogP contribution in [0.3, 0.4) is 0 Å². The number of halogens is 4. The van der Waals surface area contributed by atoms with Gasteiger partial charge in [-0.25, -0.2) is 8.78 Å². The molecule has 0 aliphatic carbocycles. The Morgan fingerprint density at radius 2 is 1.86 bits per heavy atom. The van der Waals surface area contributed by atoms with Crippen LogP contribution in [0.4, 0.5) is 8.78 Å². The van der Waals surface area contributed by atoms with Crippen LogP contribution in [0.1, 0.15) is 29.6 Å². The van der Waals surface area contributed by atoms with Crippen LogP contribution in [0.15, 0.2) is 16.6 Å². The number of carbonyl (C=O) groups excluding carboxylic acids is 1. The van der Waals surface area contributed by atoms with E-state index in [1.807, 2.05) is 4.90 Å². The molecule has 2 bridgehead atoms. The molecule has 7 heteroatoms. The third-order valence-corrected chi connectivity index (χ3v) is 4.79. The largest absolute Gasteiger partial charge is 0.331 e. The fourth-order valence-corrected chi connectivity index (χ4v) is 3.62. The van der Waals surface area contributed by atoms with E-state index in [0.717, 1.165) is 44.5 Å². The Morgan fingerprint density at radius 1 is 1.19 bits per heavy atom. The Kier molecular flexibility index (Phi) is 5.22. The third-order valence-electron chi connectivity index (χ3n) is 4.13. The maximum absolute atomic E-state index is 13.4. The lowest BCUT2D eigenvalue weighted by molar-refractivity contribution is 0.0678. The first-order valence-electron chi connectivity index (χ1n) is 6.76. The molecule has 0 saturated carbocycles. The number of hydrogen-bond acceptors (Lipinski definition) is 2. The third kappa shape index (κ3) is 3.07. The summed E-state index contributed by atoms with van der Waals surface area (Å²) in [6.45, 7) is 1.66. The number of hydrogen-bond donors (Lipinski definition) is 1. The van der Waals surface area contributed by atoms with Gasteiger partial charge in [-0.15, -0.1) is 12.4 Å². The van der Waals surface area contributed by atoms with E-state index in [9.17, 15) is 13.6 Å². The molecule has 3 rings (SSSR count). The molecule has 2 saturated heterocycles. The standard InChI is InChI=1S/C14H15BrF2N2O.ClH/c15-11-6-13(17)12(16)5-10(11)14(20)19-8-1-2-9(19)7-18-4-3-8;/h5-6,8-9,18H,1-4,7H2;1H. The molecular formula is C14H16BrClF2N2O. The van der Waals surface area contributed by atoms with Crippen LogP contribution in [-0.4, -0.2) is 36.0 Å². The van der Waals surface area contributed by atoms with Crippen molar-refractivity contribution in [2.75, 3.05) is 13.1 Å². The highest BCUT2D eigenvalue weighted by molar-refractivity contribution is 9.10. The number of rotatable bonds is 1. The highest BCUT2D eigenvalue weighted by Crippen LogP contribution is 2.31. The molecule has 2 unspecified atom stereocenters. The summed E-state index contributed by atoms with van der Waals surface area (Å²) in [5.41, 5.74) is 0.197. The number of nitrogens with one attached hydrogen (secondary N) is 1. The van der Waals surface area contributed by atoms with Crippen molar-refractivity contribution in [3.05, 3.63) is 33.8 Å². The lowest BCUT2D eigenvalue weighted by atomic mass is 10.1. The number of fused-ring (bicyclic) bond motifs is 2. The van der Waals surface area contributed by atoms with Crippen molar-refractivity contribution in [3.8, 4) is 0 Å². The van der Waals surface area contributed by atoms with E-state index < -0.39 is 11.6 Å². The first-order chi connectivity index (χ1) is 9.58. The van der Waals surface area contributed by atoms with Gasteiger partial charge in [0.25, 0.3) is 5.91 Å². The van der Waals surface area contributed by atoms with Crippen molar-refractivity contribution in [3.63, 3.8) is 0 Å². The second-order valence-electron chi connectivity index (χ2n) is 5.34. The molecule has 1 aromatic rings. The average molecular weight is 382 g/mol. The summed E-state index contributed by atoms with van der Waals surface area (Å²) in [5, 5.41) is 3.31. The Balaban J connectivity index is 0.00000161. The zero-order chi connectivity index (χ0) is 14.3. The van der Waals surface area contributed by atoms with Crippen molar-refractivity contribution in [2.45, 2.75) is 31.3 Å². The maximum Gasteiger partial charge on any atom is 0.255 e. The molecule has 0 aromatic heterocycles. The molecule has 1 aromatic carbocycles. The van der Waals surface area contributed by atoms with Gasteiger partial charge in [0.1, 0.15) is 0 Å². The van der Waals surface area contributed by atoms with Crippen molar-refractivity contribution in [2.24, 2.45) is 0 Å². The summed E-state index contributed by atoms with van der Waals surface area (Å²) in [5.74, 6) is -2.15. The minimum atomic E-state index is -0.989. The summed E-state index contributed by atoms with van der Waals surface area (Å²) in [6.07, 6.45) is 2.85. The minimum absolute atomic E-state index is 0. The van der Waals surface area contributed by atoms with Crippen LogP contribution in [0.2, 0.25) is 0 Å². The summed E-state index contributed by atoms with van der Waals surface area (Å²) >= 11 is 3.16. The second kappa shape index (κ2) is 6.58. The first-order valence-corrected chi connectivity index (χ1v) is 7.55.